The minimum Gasteiger partial charge on any atom is -0.354 e. The van der Waals surface area contributed by atoms with E-state index in [1.165, 1.54) is 5.56 Å². The maximum absolute atomic E-state index is 13.2. The number of carbonyl (C=O) groups is 2. The molecule has 1 N–H and O–H groups in total. The molecule has 5 heteroatoms. The zero-order chi connectivity index (χ0) is 21.4. The Labute approximate surface area is 179 Å². The van der Waals surface area contributed by atoms with Crippen molar-refractivity contribution in [3.05, 3.63) is 69.7 Å². The van der Waals surface area contributed by atoms with E-state index in [0.29, 0.717) is 18.1 Å². The summed E-state index contributed by atoms with van der Waals surface area (Å²) in [5, 5.41) is 3.59. The summed E-state index contributed by atoms with van der Waals surface area (Å²) in [4.78, 5) is 27.5. The van der Waals surface area contributed by atoms with Crippen molar-refractivity contribution >= 4 is 23.4 Å². The summed E-state index contributed by atoms with van der Waals surface area (Å²) in [6.45, 7) is 8.95. The molecule has 2 amide bonds. The van der Waals surface area contributed by atoms with Gasteiger partial charge < -0.3 is 10.2 Å². The van der Waals surface area contributed by atoms with Crippen molar-refractivity contribution in [1.29, 1.82) is 0 Å². The highest BCUT2D eigenvalue weighted by atomic mass is 35.5. The molecule has 0 aromatic heterocycles. The van der Waals surface area contributed by atoms with Gasteiger partial charge in [-0.25, -0.2) is 0 Å². The van der Waals surface area contributed by atoms with Gasteiger partial charge in [0.2, 0.25) is 11.8 Å². The second kappa shape index (κ2) is 11.0. The maximum Gasteiger partial charge on any atom is 0.242 e. The van der Waals surface area contributed by atoms with Gasteiger partial charge in [0, 0.05) is 18.1 Å². The van der Waals surface area contributed by atoms with Crippen molar-refractivity contribution in [2.75, 3.05) is 6.54 Å². The molecule has 0 saturated carbocycles. The van der Waals surface area contributed by atoms with E-state index < -0.39 is 6.04 Å². The molecule has 0 aliphatic rings. The Morgan fingerprint density at radius 1 is 1.03 bits per heavy atom. The van der Waals surface area contributed by atoms with Crippen molar-refractivity contribution in [3.8, 4) is 0 Å². The molecule has 2 aromatic rings. The van der Waals surface area contributed by atoms with Gasteiger partial charge in [0.15, 0.2) is 0 Å². The van der Waals surface area contributed by atoms with Crippen molar-refractivity contribution < 1.29 is 9.59 Å². The van der Waals surface area contributed by atoms with Crippen LogP contribution in [0, 0.1) is 13.8 Å². The summed E-state index contributed by atoms with van der Waals surface area (Å²) < 4.78 is 0. The average molecular weight is 415 g/mol. The van der Waals surface area contributed by atoms with Gasteiger partial charge in [0.1, 0.15) is 6.04 Å². The zero-order valence-electron chi connectivity index (χ0n) is 17.8. The Morgan fingerprint density at radius 2 is 1.69 bits per heavy atom. The molecule has 0 unspecified atom stereocenters. The van der Waals surface area contributed by atoms with Gasteiger partial charge >= 0.3 is 0 Å². The Bertz CT molecular complexity index is 833. The summed E-state index contributed by atoms with van der Waals surface area (Å²) in [6, 6.07) is 12.9. The van der Waals surface area contributed by atoms with Crippen LogP contribution in [0.25, 0.3) is 0 Å². The molecule has 29 heavy (non-hydrogen) atoms. The standard InChI is InChI=1S/C24H31ClN2O2/c1-5-6-13-26-24(29)19(4)27(16-20-9-11-22(25)12-10-20)23(28)15-21-8-7-17(2)18(3)14-21/h7-12,14,19H,5-6,13,15-16H2,1-4H3,(H,26,29)/t19-/m1/s1. The highest BCUT2D eigenvalue weighted by Crippen LogP contribution is 2.16. The number of nitrogens with one attached hydrogen (secondary N) is 1. The SMILES string of the molecule is CCCCNC(=O)[C@@H](C)N(Cc1ccc(Cl)cc1)C(=O)Cc1ccc(C)c(C)c1. The van der Waals surface area contributed by atoms with Gasteiger partial charge in [-0.15, -0.1) is 0 Å². The van der Waals surface area contributed by atoms with Crippen LogP contribution in [-0.4, -0.2) is 29.3 Å². The first-order valence-corrected chi connectivity index (χ1v) is 10.6. The van der Waals surface area contributed by atoms with Gasteiger partial charge in [-0.2, -0.15) is 0 Å². The van der Waals surface area contributed by atoms with Crippen molar-refractivity contribution in [1.82, 2.24) is 10.2 Å². The predicted molar refractivity (Wildman–Crippen MR) is 119 cm³/mol. The largest absolute Gasteiger partial charge is 0.354 e. The first-order valence-electron chi connectivity index (χ1n) is 10.2. The molecule has 0 spiro atoms. The van der Waals surface area contributed by atoms with Crippen LogP contribution < -0.4 is 5.32 Å². The lowest BCUT2D eigenvalue weighted by atomic mass is 10.0. The number of hydrogen-bond donors (Lipinski definition) is 1. The molecule has 0 radical (unpaired) electrons. The monoisotopic (exact) mass is 414 g/mol. The number of carbonyl (C=O) groups excluding carboxylic acids is 2. The van der Waals surface area contributed by atoms with Crippen molar-refractivity contribution in [2.24, 2.45) is 0 Å². The Balaban J connectivity index is 2.19. The van der Waals surface area contributed by atoms with Crippen LogP contribution in [-0.2, 0) is 22.6 Å². The number of benzene rings is 2. The Kier molecular flexibility index (Phi) is 8.71. The quantitative estimate of drug-likeness (QED) is 0.597. The molecule has 1 atom stereocenters. The number of unbranched alkanes of at least 4 members (excludes halogenated alkanes) is 1. The van der Waals surface area contributed by atoms with E-state index in [0.717, 1.165) is 29.5 Å². The molecule has 4 nitrogen and oxygen atoms in total. The summed E-state index contributed by atoms with van der Waals surface area (Å²) in [5.41, 5.74) is 4.25. The van der Waals surface area contributed by atoms with Crippen LogP contribution in [0.2, 0.25) is 5.02 Å². The predicted octanol–water partition coefficient (Wildman–Crippen LogP) is 4.83. The second-order valence-corrected chi connectivity index (χ2v) is 8.00. The lowest BCUT2D eigenvalue weighted by Crippen LogP contribution is -2.48. The van der Waals surface area contributed by atoms with Crippen LogP contribution in [0.4, 0.5) is 0 Å². The van der Waals surface area contributed by atoms with E-state index >= 15 is 0 Å². The second-order valence-electron chi connectivity index (χ2n) is 7.56. The van der Waals surface area contributed by atoms with Gasteiger partial charge in [0.05, 0.1) is 6.42 Å². The maximum atomic E-state index is 13.2. The summed E-state index contributed by atoms with van der Waals surface area (Å²) in [5.74, 6) is -0.192. The van der Waals surface area contributed by atoms with Gasteiger partial charge in [-0.3, -0.25) is 9.59 Å². The minimum atomic E-state index is -0.554. The molecule has 0 aliphatic carbocycles. The van der Waals surface area contributed by atoms with Crippen LogP contribution in [0.3, 0.4) is 0 Å². The molecule has 2 rings (SSSR count). The van der Waals surface area contributed by atoms with Crippen LogP contribution in [0.1, 0.15) is 48.9 Å². The number of hydrogen-bond acceptors (Lipinski definition) is 2. The highest BCUT2D eigenvalue weighted by Gasteiger charge is 2.26. The normalized spacial score (nSPS) is 11.8. The van der Waals surface area contributed by atoms with Crippen molar-refractivity contribution in [3.63, 3.8) is 0 Å². The minimum absolute atomic E-state index is 0.0682. The molecule has 0 aliphatic heterocycles. The number of rotatable bonds is 9. The first-order chi connectivity index (χ1) is 13.8. The van der Waals surface area contributed by atoms with E-state index in [4.69, 9.17) is 11.6 Å². The van der Waals surface area contributed by atoms with Gasteiger partial charge in [0.25, 0.3) is 0 Å². The fourth-order valence-corrected chi connectivity index (χ4v) is 3.22. The van der Waals surface area contributed by atoms with Gasteiger partial charge in [-0.05, 0) is 61.6 Å². The highest BCUT2D eigenvalue weighted by molar-refractivity contribution is 6.30. The summed E-state index contributed by atoms with van der Waals surface area (Å²) in [6.07, 6.45) is 2.20. The third-order valence-corrected chi connectivity index (χ3v) is 5.44. The molecule has 0 saturated heterocycles. The average Bonchev–Trinajstić information content (AvgIpc) is 2.69. The third kappa shape index (κ3) is 6.90. The summed E-state index contributed by atoms with van der Waals surface area (Å²) in [7, 11) is 0. The molecule has 2 aromatic carbocycles. The molecule has 0 heterocycles. The van der Waals surface area contributed by atoms with Crippen LogP contribution in [0.15, 0.2) is 42.5 Å². The van der Waals surface area contributed by atoms with Crippen molar-refractivity contribution in [2.45, 2.75) is 59.5 Å². The number of aryl methyl sites for hydroxylation is 2. The number of halogens is 1. The van der Waals surface area contributed by atoms with E-state index in [9.17, 15) is 9.59 Å². The smallest absolute Gasteiger partial charge is 0.242 e. The molecule has 0 fully saturated rings. The fourth-order valence-electron chi connectivity index (χ4n) is 3.09. The Hall–Kier alpha value is -2.33. The van der Waals surface area contributed by atoms with E-state index in [1.807, 2.05) is 37.3 Å². The van der Waals surface area contributed by atoms with Gasteiger partial charge in [-0.1, -0.05) is 55.3 Å². The zero-order valence-corrected chi connectivity index (χ0v) is 18.6. The molecular formula is C24H31ClN2O2. The Morgan fingerprint density at radius 3 is 2.31 bits per heavy atom. The van der Waals surface area contributed by atoms with E-state index in [1.54, 1.807) is 24.0 Å². The lowest BCUT2D eigenvalue weighted by Gasteiger charge is -2.29. The topological polar surface area (TPSA) is 49.4 Å². The third-order valence-electron chi connectivity index (χ3n) is 5.19. The summed E-state index contributed by atoms with van der Waals surface area (Å²) >= 11 is 5.98. The molecule has 0 bridgehead atoms. The number of amides is 2. The fraction of sp³-hybridized carbons (Fsp3) is 0.417. The number of nitrogens with zero attached hydrogens (tertiary/aromatic N) is 1. The van der Waals surface area contributed by atoms with E-state index in [-0.39, 0.29) is 18.2 Å². The van der Waals surface area contributed by atoms with E-state index in [2.05, 4.69) is 19.2 Å². The molecular weight excluding hydrogens is 384 g/mol. The molecule has 156 valence electrons. The lowest BCUT2D eigenvalue weighted by molar-refractivity contribution is -0.140. The van der Waals surface area contributed by atoms with Crippen LogP contribution in [0.5, 0.6) is 0 Å². The van der Waals surface area contributed by atoms with Crippen LogP contribution >= 0.6 is 11.6 Å². The first kappa shape index (κ1) is 23.0.